The van der Waals surface area contributed by atoms with Crippen LogP contribution in [0.15, 0.2) is 75.7 Å². The molecule has 44 heavy (non-hydrogen) atoms. The highest BCUT2D eigenvalue weighted by Gasteiger charge is 2.34. The SMILES string of the molecule is CCOC(=O)C1=C(C)N=c2s/c(=C\c3ccc(OCc4ccc(Cl)cc4Cl)c(OC)c3)c(=O)n2[C@@H]1c1ccc2c(c1)OCO2. The first-order valence-corrected chi connectivity index (χ1v) is 15.2. The highest BCUT2D eigenvalue weighted by Crippen LogP contribution is 2.38. The standard InChI is InChI=1S/C32H26Cl2N2O7S/c1-4-40-31(38)28-17(2)35-32-36(29(28)19-7-10-24-26(13-19)43-16-42-24)30(37)27(44-32)12-18-5-9-23(25(11-18)39-3)41-15-20-6-8-21(33)14-22(20)34/h5-14,29H,4,15-16H2,1-3H3/b27-12-/t29-/m1/s1. The van der Waals surface area contributed by atoms with Crippen molar-refractivity contribution < 1.29 is 28.5 Å². The molecule has 0 bridgehead atoms. The number of methoxy groups -OCH3 is 1. The van der Waals surface area contributed by atoms with Gasteiger partial charge in [0.2, 0.25) is 6.79 Å². The fraction of sp³-hybridized carbons (Fsp3) is 0.219. The summed E-state index contributed by atoms with van der Waals surface area (Å²) in [6.45, 7) is 3.97. The lowest BCUT2D eigenvalue weighted by Crippen LogP contribution is -2.39. The van der Waals surface area contributed by atoms with Crippen molar-refractivity contribution in [1.82, 2.24) is 4.57 Å². The van der Waals surface area contributed by atoms with Gasteiger partial charge in [-0.05, 0) is 67.4 Å². The minimum Gasteiger partial charge on any atom is -0.493 e. The van der Waals surface area contributed by atoms with E-state index in [2.05, 4.69) is 4.99 Å². The van der Waals surface area contributed by atoms with Crippen LogP contribution in [0.2, 0.25) is 10.0 Å². The molecule has 4 aromatic rings. The summed E-state index contributed by atoms with van der Waals surface area (Å²) in [7, 11) is 1.54. The number of halogens is 2. The number of esters is 1. The van der Waals surface area contributed by atoms with Crippen LogP contribution in [0.25, 0.3) is 6.08 Å². The zero-order chi connectivity index (χ0) is 31.0. The Morgan fingerprint density at radius 3 is 2.68 bits per heavy atom. The zero-order valence-corrected chi connectivity index (χ0v) is 26.2. The number of benzene rings is 3. The van der Waals surface area contributed by atoms with E-state index in [9.17, 15) is 9.59 Å². The number of rotatable bonds is 8. The maximum atomic E-state index is 14.0. The van der Waals surface area contributed by atoms with Crippen molar-refractivity contribution in [2.75, 3.05) is 20.5 Å². The van der Waals surface area contributed by atoms with Crippen molar-refractivity contribution >= 4 is 46.6 Å². The highest BCUT2D eigenvalue weighted by molar-refractivity contribution is 7.07. The third-order valence-electron chi connectivity index (χ3n) is 7.11. The quantitative estimate of drug-likeness (QED) is 0.234. The Morgan fingerprint density at radius 1 is 1.09 bits per heavy atom. The minimum absolute atomic E-state index is 0.101. The third kappa shape index (κ3) is 5.68. The van der Waals surface area contributed by atoms with E-state index in [0.717, 1.165) is 5.56 Å². The van der Waals surface area contributed by atoms with Crippen LogP contribution in [0.5, 0.6) is 23.0 Å². The topological polar surface area (TPSA) is 97.6 Å². The summed E-state index contributed by atoms with van der Waals surface area (Å²) >= 11 is 13.5. The average Bonchev–Trinajstić information content (AvgIpc) is 3.59. The van der Waals surface area contributed by atoms with Gasteiger partial charge in [-0.3, -0.25) is 9.36 Å². The normalized spacial score (nSPS) is 15.6. The van der Waals surface area contributed by atoms with Crippen LogP contribution in [0.1, 0.15) is 36.6 Å². The molecule has 3 heterocycles. The van der Waals surface area contributed by atoms with Gasteiger partial charge < -0.3 is 23.7 Å². The lowest BCUT2D eigenvalue weighted by Gasteiger charge is -2.24. The molecule has 0 spiro atoms. The van der Waals surface area contributed by atoms with E-state index in [1.807, 2.05) is 12.1 Å². The van der Waals surface area contributed by atoms with E-state index in [1.54, 1.807) is 69.5 Å². The van der Waals surface area contributed by atoms with Crippen LogP contribution < -0.4 is 33.8 Å². The second-order valence-electron chi connectivity index (χ2n) is 9.85. The molecule has 0 aliphatic carbocycles. The minimum atomic E-state index is -0.771. The zero-order valence-electron chi connectivity index (χ0n) is 23.9. The number of hydrogen-bond donors (Lipinski definition) is 0. The van der Waals surface area contributed by atoms with E-state index in [-0.39, 0.29) is 31.1 Å². The molecule has 1 aromatic heterocycles. The first-order valence-electron chi connectivity index (χ1n) is 13.6. The van der Waals surface area contributed by atoms with Gasteiger partial charge in [0.25, 0.3) is 5.56 Å². The molecule has 6 rings (SSSR count). The van der Waals surface area contributed by atoms with Gasteiger partial charge in [0.1, 0.15) is 6.61 Å². The van der Waals surface area contributed by atoms with Crippen LogP contribution >= 0.6 is 34.5 Å². The summed E-state index contributed by atoms with van der Waals surface area (Å²) in [5.41, 5.74) is 2.62. The molecule has 0 fully saturated rings. The van der Waals surface area contributed by atoms with E-state index in [4.69, 9.17) is 46.9 Å². The Hall–Kier alpha value is -4.25. The first-order chi connectivity index (χ1) is 21.3. The van der Waals surface area contributed by atoms with Gasteiger partial charge in [0, 0.05) is 15.6 Å². The van der Waals surface area contributed by atoms with Crippen LogP contribution in [-0.4, -0.2) is 31.0 Å². The molecule has 0 saturated carbocycles. The van der Waals surface area contributed by atoms with Crippen LogP contribution in [-0.2, 0) is 16.1 Å². The summed E-state index contributed by atoms with van der Waals surface area (Å²) in [6.07, 6.45) is 1.76. The van der Waals surface area contributed by atoms with E-state index in [0.29, 0.717) is 59.2 Å². The van der Waals surface area contributed by atoms with Crippen molar-refractivity contribution in [2.45, 2.75) is 26.5 Å². The maximum Gasteiger partial charge on any atom is 0.338 e. The highest BCUT2D eigenvalue weighted by atomic mass is 35.5. The molecule has 0 radical (unpaired) electrons. The van der Waals surface area contributed by atoms with Gasteiger partial charge >= 0.3 is 5.97 Å². The van der Waals surface area contributed by atoms with Gasteiger partial charge in [-0.2, -0.15) is 0 Å². The van der Waals surface area contributed by atoms with Crippen molar-refractivity contribution in [3.05, 3.63) is 112 Å². The molecule has 2 aliphatic heterocycles. The number of carbonyl (C=O) groups excluding carboxylic acids is 1. The van der Waals surface area contributed by atoms with Crippen molar-refractivity contribution in [3.8, 4) is 23.0 Å². The fourth-order valence-corrected chi connectivity index (χ4v) is 6.54. The van der Waals surface area contributed by atoms with Crippen molar-refractivity contribution in [2.24, 2.45) is 4.99 Å². The maximum absolute atomic E-state index is 14.0. The number of aromatic nitrogens is 1. The number of hydrogen-bond acceptors (Lipinski definition) is 9. The Labute approximate surface area is 266 Å². The summed E-state index contributed by atoms with van der Waals surface area (Å²) in [4.78, 5) is 32.2. The predicted molar refractivity (Wildman–Crippen MR) is 167 cm³/mol. The van der Waals surface area contributed by atoms with Gasteiger partial charge in [-0.25, -0.2) is 9.79 Å². The Kier molecular flexibility index (Phi) is 8.40. The molecule has 0 N–H and O–H groups in total. The second kappa shape index (κ2) is 12.4. The molecule has 0 amide bonds. The largest absolute Gasteiger partial charge is 0.493 e. The molecule has 226 valence electrons. The summed E-state index contributed by atoms with van der Waals surface area (Å²) < 4.78 is 29.9. The van der Waals surface area contributed by atoms with E-state index in [1.165, 1.54) is 15.9 Å². The first kappa shape index (κ1) is 29.8. The van der Waals surface area contributed by atoms with Crippen LogP contribution in [0, 0.1) is 0 Å². The number of ether oxygens (including phenoxy) is 5. The molecule has 1 atom stereocenters. The lowest BCUT2D eigenvalue weighted by atomic mass is 9.95. The Morgan fingerprint density at radius 2 is 1.91 bits per heavy atom. The smallest absolute Gasteiger partial charge is 0.338 e. The molecule has 9 nitrogen and oxygen atoms in total. The van der Waals surface area contributed by atoms with Crippen LogP contribution in [0.4, 0.5) is 0 Å². The second-order valence-corrected chi connectivity index (χ2v) is 11.7. The van der Waals surface area contributed by atoms with Gasteiger partial charge in [0.05, 0.1) is 35.6 Å². The van der Waals surface area contributed by atoms with Gasteiger partial charge in [-0.15, -0.1) is 0 Å². The Balaban J connectivity index is 1.38. The van der Waals surface area contributed by atoms with Gasteiger partial charge in [-0.1, -0.05) is 52.7 Å². The van der Waals surface area contributed by atoms with Crippen LogP contribution in [0.3, 0.4) is 0 Å². The van der Waals surface area contributed by atoms with Crippen molar-refractivity contribution in [1.29, 1.82) is 0 Å². The number of nitrogens with zero attached hydrogens (tertiary/aromatic N) is 2. The van der Waals surface area contributed by atoms with E-state index >= 15 is 0 Å². The number of carbonyl (C=O) groups is 1. The molecule has 0 saturated heterocycles. The van der Waals surface area contributed by atoms with Gasteiger partial charge in [0.15, 0.2) is 27.8 Å². The monoisotopic (exact) mass is 652 g/mol. The number of fused-ring (bicyclic) bond motifs is 2. The molecule has 3 aromatic carbocycles. The molecule has 12 heteroatoms. The summed E-state index contributed by atoms with van der Waals surface area (Å²) in [6, 6.07) is 15.2. The average molecular weight is 654 g/mol. The molecule has 0 unspecified atom stereocenters. The molecule has 2 aliphatic rings. The number of thiazole rings is 1. The van der Waals surface area contributed by atoms with Crippen molar-refractivity contribution in [3.63, 3.8) is 0 Å². The predicted octanol–water partition coefficient (Wildman–Crippen LogP) is 5.42. The number of allylic oxidation sites excluding steroid dienone is 1. The lowest BCUT2D eigenvalue weighted by molar-refractivity contribution is -0.139. The third-order valence-corrected chi connectivity index (χ3v) is 8.68. The fourth-order valence-electron chi connectivity index (χ4n) is 5.03. The molecular formula is C32H26Cl2N2O7S. The molecular weight excluding hydrogens is 627 g/mol. The Bertz CT molecular complexity index is 2000. The van der Waals surface area contributed by atoms with E-state index < -0.39 is 12.0 Å². The summed E-state index contributed by atoms with van der Waals surface area (Å²) in [5, 5.41) is 1.05. The summed E-state index contributed by atoms with van der Waals surface area (Å²) in [5.74, 6) is 1.59.